The highest BCUT2D eigenvalue weighted by molar-refractivity contribution is 7.14. The second-order valence-electron chi connectivity index (χ2n) is 6.97. The molecule has 4 aromatic rings. The largest absolute Gasteiger partial charge is 0.493 e. The number of rotatable bonds is 8. The topological polar surface area (TPSA) is 89.5 Å². The first-order valence-electron chi connectivity index (χ1n) is 10.1. The van der Waals surface area contributed by atoms with Crippen molar-refractivity contribution in [3.63, 3.8) is 0 Å². The van der Waals surface area contributed by atoms with Crippen LogP contribution in [0, 0.1) is 0 Å². The molecule has 0 atom stereocenters. The van der Waals surface area contributed by atoms with Gasteiger partial charge in [-0.25, -0.2) is 4.98 Å². The fraction of sp³-hybridized carbons (Fsp3) is 0.0800. The number of hydrogen-bond donors (Lipinski definition) is 2. The lowest BCUT2D eigenvalue weighted by molar-refractivity contribution is -0.115. The van der Waals surface area contributed by atoms with Gasteiger partial charge in [0.25, 0.3) is 5.91 Å². The van der Waals surface area contributed by atoms with E-state index in [-0.39, 0.29) is 18.2 Å². The van der Waals surface area contributed by atoms with Crippen molar-refractivity contribution in [2.45, 2.75) is 6.42 Å². The van der Waals surface area contributed by atoms with Crippen molar-refractivity contribution in [2.24, 2.45) is 0 Å². The van der Waals surface area contributed by atoms with Gasteiger partial charge in [0.2, 0.25) is 5.91 Å². The van der Waals surface area contributed by atoms with Gasteiger partial charge in [0.05, 0.1) is 19.2 Å². The van der Waals surface area contributed by atoms with Crippen LogP contribution in [0.15, 0.2) is 84.2 Å². The summed E-state index contributed by atoms with van der Waals surface area (Å²) in [7, 11) is 1.59. The summed E-state index contributed by atoms with van der Waals surface area (Å²) in [6, 6.07) is 23.3. The molecule has 1 heterocycles. The van der Waals surface area contributed by atoms with Crippen molar-refractivity contribution in [1.29, 1.82) is 0 Å². The Hall–Kier alpha value is -4.17. The van der Waals surface area contributed by atoms with Crippen molar-refractivity contribution in [1.82, 2.24) is 4.98 Å². The van der Waals surface area contributed by atoms with Crippen molar-refractivity contribution in [3.8, 4) is 17.2 Å². The van der Waals surface area contributed by atoms with E-state index in [1.165, 1.54) is 11.3 Å². The zero-order valence-electron chi connectivity index (χ0n) is 17.8. The summed E-state index contributed by atoms with van der Waals surface area (Å²) in [5.74, 6) is 1.42. The van der Waals surface area contributed by atoms with Gasteiger partial charge < -0.3 is 14.8 Å². The van der Waals surface area contributed by atoms with E-state index < -0.39 is 0 Å². The fourth-order valence-electron chi connectivity index (χ4n) is 3.01. The van der Waals surface area contributed by atoms with E-state index in [4.69, 9.17) is 9.47 Å². The van der Waals surface area contributed by atoms with Gasteiger partial charge in [-0.05, 0) is 48.5 Å². The van der Waals surface area contributed by atoms with E-state index in [0.29, 0.717) is 39.3 Å². The average molecular weight is 460 g/mol. The van der Waals surface area contributed by atoms with Crippen LogP contribution in [-0.2, 0) is 11.2 Å². The molecule has 1 aromatic heterocycles. The van der Waals surface area contributed by atoms with Crippen LogP contribution in [0.4, 0.5) is 10.8 Å². The van der Waals surface area contributed by atoms with Crippen molar-refractivity contribution in [3.05, 3.63) is 95.5 Å². The molecule has 0 aliphatic carbocycles. The molecule has 7 nitrogen and oxygen atoms in total. The van der Waals surface area contributed by atoms with Crippen molar-refractivity contribution >= 4 is 34.0 Å². The number of carbonyl (C=O) groups excluding carboxylic acids is 2. The maximum absolute atomic E-state index is 12.4. The highest BCUT2D eigenvalue weighted by Crippen LogP contribution is 2.31. The van der Waals surface area contributed by atoms with Gasteiger partial charge in [-0.1, -0.05) is 30.3 Å². The summed E-state index contributed by atoms with van der Waals surface area (Å²) in [6.45, 7) is 0. The molecule has 0 saturated heterocycles. The molecule has 8 heteroatoms. The summed E-state index contributed by atoms with van der Waals surface area (Å²) in [6.07, 6.45) is 0.0944. The molecule has 2 N–H and O–H groups in total. The van der Waals surface area contributed by atoms with Crippen molar-refractivity contribution < 1.29 is 19.1 Å². The quantitative estimate of drug-likeness (QED) is 0.369. The number of amides is 2. The van der Waals surface area contributed by atoms with Gasteiger partial charge in [-0.15, -0.1) is 11.3 Å². The molecule has 0 unspecified atom stereocenters. The van der Waals surface area contributed by atoms with Crippen LogP contribution in [0.1, 0.15) is 16.1 Å². The summed E-state index contributed by atoms with van der Waals surface area (Å²) >= 11 is 1.28. The standard InChI is InChI=1S/C25H21N3O4S/c1-31-21-9-5-6-10-22(21)32-20-13-11-18(12-14-20)26-23(29)15-19-16-33-25(27-19)28-24(30)17-7-3-2-4-8-17/h2-14,16H,15H2,1H3,(H,26,29)(H,27,28,30). The molecule has 2 amide bonds. The Bertz CT molecular complexity index is 1240. The van der Waals surface area contributed by atoms with Crippen LogP contribution in [-0.4, -0.2) is 23.9 Å². The minimum absolute atomic E-state index is 0.0944. The predicted molar refractivity (Wildman–Crippen MR) is 128 cm³/mol. The lowest BCUT2D eigenvalue weighted by Gasteiger charge is -2.10. The van der Waals surface area contributed by atoms with Gasteiger partial charge >= 0.3 is 0 Å². The number of benzene rings is 3. The third-order valence-corrected chi connectivity index (χ3v) is 5.39. The molecule has 0 aliphatic heterocycles. The van der Waals surface area contributed by atoms with Gasteiger partial charge in [-0.2, -0.15) is 0 Å². The van der Waals surface area contributed by atoms with E-state index in [2.05, 4.69) is 15.6 Å². The second kappa shape index (κ2) is 10.4. The lowest BCUT2D eigenvalue weighted by atomic mass is 10.2. The van der Waals surface area contributed by atoms with Crippen molar-refractivity contribution in [2.75, 3.05) is 17.7 Å². The highest BCUT2D eigenvalue weighted by Gasteiger charge is 2.12. The second-order valence-corrected chi connectivity index (χ2v) is 7.82. The van der Waals surface area contributed by atoms with Gasteiger partial charge in [0.15, 0.2) is 16.6 Å². The average Bonchev–Trinajstić information content (AvgIpc) is 3.27. The predicted octanol–water partition coefficient (Wildman–Crippen LogP) is 5.38. The Labute approximate surface area is 195 Å². The zero-order valence-corrected chi connectivity index (χ0v) is 18.6. The smallest absolute Gasteiger partial charge is 0.257 e. The summed E-state index contributed by atoms with van der Waals surface area (Å²) in [5, 5.41) is 7.79. The van der Waals surface area contributed by atoms with Crippen LogP contribution in [0.3, 0.4) is 0 Å². The number of aromatic nitrogens is 1. The third-order valence-electron chi connectivity index (χ3n) is 4.58. The maximum Gasteiger partial charge on any atom is 0.257 e. The Morgan fingerprint density at radius 3 is 2.30 bits per heavy atom. The minimum atomic E-state index is -0.239. The number of para-hydroxylation sites is 2. The van der Waals surface area contributed by atoms with Crippen LogP contribution in [0.25, 0.3) is 0 Å². The number of anilines is 2. The number of thiazole rings is 1. The molecule has 0 fully saturated rings. The lowest BCUT2D eigenvalue weighted by Crippen LogP contribution is -2.15. The molecular weight excluding hydrogens is 438 g/mol. The normalized spacial score (nSPS) is 10.3. The molecule has 0 saturated carbocycles. The molecule has 0 radical (unpaired) electrons. The first kappa shape index (κ1) is 22.0. The number of methoxy groups -OCH3 is 1. The zero-order chi connectivity index (χ0) is 23.0. The van der Waals surface area contributed by atoms with Gasteiger partial charge in [-0.3, -0.25) is 14.9 Å². The van der Waals surface area contributed by atoms with E-state index in [1.54, 1.807) is 61.0 Å². The van der Waals surface area contributed by atoms with Crippen LogP contribution >= 0.6 is 11.3 Å². The molecular formula is C25H21N3O4S. The minimum Gasteiger partial charge on any atom is -0.493 e. The Balaban J connectivity index is 1.30. The van der Waals surface area contributed by atoms with Gasteiger partial charge in [0, 0.05) is 16.6 Å². The third kappa shape index (κ3) is 5.96. The van der Waals surface area contributed by atoms with E-state index in [1.807, 2.05) is 30.3 Å². The number of nitrogens with one attached hydrogen (secondary N) is 2. The molecule has 4 rings (SSSR count). The Morgan fingerprint density at radius 1 is 0.879 bits per heavy atom. The molecule has 166 valence electrons. The number of carbonyl (C=O) groups is 2. The summed E-state index contributed by atoms with van der Waals surface area (Å²) < 4.78 is 11.1. The SMILES string of the molecule is COc1ccccc1Oc1ccc(NC(=O)Cc2csc(NC(=O)c3ccccc3)n2)cc1. The Kier molecular flexibility index (Phi) is 6.96. The monoisotopic (exact) mass is 459 g/mol. The highest BCUT2D eigenvalue weighted by atomic mass is 32.1. The van der Waals surface area contributed by atoms with E-state index in [0.717, 1.165) is 0 Å². The fourth-order valence-corrected chi connectivity index (χ4v) is 3.72. The summed E-state index contributed by atoms with van der Waals surface area (Å²) in [4.78, 5) is 29.0. The van der Waals surface area contributed by atoms with E-state index >= 15 is 0 Å². The molecule has 33 heavy (non-hydrogen) atoms. The first-order valence-corrected chi connectivity index (χ1v) is 11.0. The van der Waals surface area contributed by atoms with Gasteiger partial charge in [0.1, 0.15) is 5.75 Å². The Morgan fingerprint density at radius 2 is 1.58 bits per heavy atom. The first-order chi connectivity index (χ1) is 16.1. The van der Waals surface area contributed by atoms with Crippen LogP contribution < -0.4 is 20.1 Å². The van der Waals surface area contributed by atoms with Crippen LogP contribution in [0.5, 0.6) is 17.2 Å². The maximum atomic E-state index is 12.4. The summed E-state index contributed by atoms with van der Waals surface area (Å²) in [5.41, 5.74) is 1.77. The van der Waals surface area contributed by atoms with Crippen LogP contribution in [0.2, 0.25) is 0 Å². The molecule has 0 aliphatic rings. The number of nitrogens with zero attached hydrogens (tertiary/aromatic N) is 1. The molecule has 0 spiro atoms. The molecule has 3 aromatic carbocycles. The molecule has 0 bridgehead atoms. The number of ether oxygens (including phenoxy) is 2. The number of hydrogen-bond acceptors (Lipinski definition) is 6. The van der Waals surface area contributed by atoms with E-state index in [9.17, 15) is 9.59 Å².